The lowest BCUT2D eigenvalue weighted by atomic mass is 11.2. The van der Waals surface area contributed by atoms with Crippen LogP contribution in [0.1, 0.15) is 0 Å². The van der Waals surface area contributed by atoms with Crippen molar-refractivity contribution in [3.05, 3.63) is 0 Å². The minimum absolute atomic E-state index is 0. The first-order chi connectivity index (χ1) is 2.41. The summed E-state index contributed by atoms with van der Waals surface area (Å²) in [5.41, 5.74) is 0. The van der Waals surface area contributed by atoms with Crippen LogP contribution in [0, 0.1) is 22.9 Å². The van der Waals surface area contributed by atoms with Crippen LogP contribution >= 0.6 is 0 Å². The van der Waals surface area contributed by atoms with Gasteiger partial charge in [-0.3, -0.25) is 0 Å². The number of nitrogens with one attached hydrogen (secondary N) is 1. The summed E-state index contributed by atoms with van der Waals surface area (Å²) in [4.78, 5) is 0. The van der Waals surface area contributed by atoms with Gasteiger partial charge in [0.05, 0.1) is 0 Å². The molecule has 0 aliphatic heterocycles. The highest BCUT2D eigenvalue weighted by molar-refractivity contribution is 4.77. The predicted molar refractivity (Wildman–Crippen MR) is 21.6 cm³/mol. The molecule has 5 heteroatoms. The molecule has 0 aromatic carbocycles. The summed E-state index contributed by atoms with van der Waals surface area (Å²) in [6.07, 6.45) is 2.81. The summed E-state index contributed by atoms with van der Waals surface area (Å²) in [5, 5.41) is 16.7. The van der Waals surface area contributed by atoms with Crippen molar-refractivity contribution in [1.29, 1.82) is 10.5 Å². The Labute approximate surface area is 40.4 Å². The Morgan fingerprint density at radius 2 is 1.29 bits per heavy atom. The van der Waals surface area contributed by atoms with Crippen LogP contribution in [0.4, 0.5) is 0 Å². The van der Waals surface area contributed by atoms with Gasteiger partial charge < -0.3 is 11.0 Å². The molecule has 0 heterocycles. The van der Waals surface area contributed by atoms with E-state index in [1.807, 2.05) is 0 Å². The zero-order valence-electron chi connectivity index (χ0n) is 3.39. The number of hydrogen-bond donors (Lipinski definition) is 1. The molecule has 0 aliphatic carbocycles. The molecule has 0 unspecified atom stereocenters. The van der Waals surface area contributed by atoms with Gasteiger partial charge in [-0.05, 0) is 0 Å². The van der Waals surface area contributed by atoms with Gasteiger partial charge in [-0.2, -0.15) is 10.5 Å². The molecule has 40 valence electrons. The maximum Gasteiger partial charge on any atom is 0.190 e. The lowest BCUT2D eigenvalue weighted by Gasteiger charge is -1.56. The van der Waals surface area contributed by atoms with E-state index in [1.165, 1.54) is 12.4 Å². The number of nitriles is 2. The smallest absolute Gasteiger partial charge is 0.190 e. The van der Waals surface area contributed by atoms with E-state index in [9.17, 15) is 0 Å². The van der Waals surface area contributed by atoms with Crippen molar-refractivity contribution in [3.8, 4) is 12.4 Å². The lowest BCUT2D eigenvalue weighted by Crippen LogP contribution is -1.88. The van der Waals surface area contributed by atoms with Crippen LogP contribution < -0.4 is 5.32 Å². The Morgan fingerprint density at radius 1 is 1.00 bits per heavy atom. The molecule has 7 heavy (non-hydrogen) atoms. The predicted octanol–water partition coefficient (Wildman–Crippen LogP) is -2.11. The van der Waals surface area contributed by atoms with Gasteiger partial charge in [0, 0.05) is 0 Å². The molecular weight excluding hydrogens is 98.0 g/mol. The zero-order chi connectivity index (χ0) is 4.12. The SMILES string of the molecule is N#CNC#N.O.O. The van der Waals surface area contributed by atoms with Crippen LogP contribution in [-0.4, -0.2) is 11.0 Å². The molecule has 0 atom stereocenters. The molecular formula is C2H5N3O2. The summed E-state index contributed by atoms with van der Waals surface area (Å²) in [6.45, 7) is 0. The second-order valence-corrected chi connectivity index (χ2v) is 0.349. The normalized spacial score (nSPS) is 2.57. The van der Waals surface area contributed by atoms with Crippen LogP contribution in [0.3, 0.4) is 0 Å². The second-order valence-electron chi connectivity index (χ2n) is 0.349. The molecule has 0 saturated carbocycles. The van der Waals surface area contributed by atoms with Crippen LogP contribution in [0.15, 0.2) is 0 Å². The molecule has 0 saturated heterocycles. The van der Waals surface area contributed by atoms with Gasteiger partial charge in [0.15, 0.2) is 12.4 Å². The number of nitrogens with zero attached hydrogens (tertiary/aromatic N) is 2. The van der Waals surface area contributed by atoms with Crippen LogP contribution in [0.5, 0.6) is 0 Å². The van der Waals surface area contributed by atoms with E-state index in [0.717, 1.165) is 0 Å². The maximum absolute atomic E-state index is 7.48. The summed E-state index contributed by atoms with van der Waals surface area (Å²) < 4.78 is 0. The van der Waals surface area contributed by atoms with Crippen molar-refractivity contribution in [2.75, 3.05) is 0 Å². The van der Waals surface area contributed by atoms with Gasteiger partial charge in [0.2, 0.25) is 0 Å². The molecule has 0 spiro atoms. The van der Waals surface area contributed by atoms with Gasteiger partial charge in [0.25, 0.3) is 0 Å². The van der Waals surface area contributed by atoms with E-state index < -0.39 is 0 Å². The number of hydrogen-bond acceptors (Lipinski definition) is 3. The van der Waals surface area contributed by atoms with E-state index in [1.54, 1.807) is 5.32 Å². The third kappa shape index (κ3) is 69.9. The van der Waals surface area contributed by atoms with E-state index in [4.69, 9.17) is 10.5 Å². The van der Waals surface area contributed by atoms with Crippen molar-refractivity contribution in [2.45, 2.75) is 0 Å². The molecule has 0 rings (SSSR count). The van der Waals surface area contributed by atoms with Gasteiger partial charge >= 0.3 is 0 Å². The fourth-order valence-electron chi connectivity index (χ4n) is 0.0250. The standard InChI is InChI=1S/C2HN3.2H2O/c3-1-5-2-4;;/h5H;2*1H2. The quantitative estimate of drug-likeness (QED) is 0.278. The average molecular weight is 103 g/mol. The second kappa shape index (κ2) is 22.3. The molecule has 0 amide bonds. The van der Waals surface area contributed by atoms with Gasteiger partial charge in [0.1, 0.15) is 0 Å². The van der Waals surface area contributed by atoms with E-state index in [-0.39, 0.29) is 11.0 Å². The number of rotatable bonds is 0. The fourth-order valence-corrected chi connectivity index (χ4v) is 0.0250. The Morgan fingerprint density at radius 3 is 1.29 bits per heavy atom. The highest BCUT2D eigenvalue weighted by Gasteiger charge is 1.53. The molecule has 0 aliphatic rings. The van der Waals surface area contributed by atoms with Crippen molar-refractivity contribution in [3.63, 3.8) is 0 Å². The van der Waals surface area contributed by atoms with Crippen molar-refractivity contribution < 1.29 is 11.0 Å². The first-order valence-corrected chi connectivity index (χ1v) is 0.947. The average Bonchev–Trinajstić information content (AvgIpc) is 1.41. The van der Waals surface area contributed by atoms with Crippen molar-refractivity contribution in [1.82, 2.24) is 5.32 Å². The molecule has 0 fully saturated rings. The molecule has 0 aromatic rings. The topological polar surface area (TPSA) is 123 Å². The molecule has 5 N–H and O–H groups in total. The van der Waals surface area contributed by atoms with Gasteiger partial charge in [-0.1, -0.05) is 0 Å². The summed E-state index contributed by atoms with van der Waals surface area (Å²) >= 11 is 0. The lowest BCUT2D eigenvalue weighted by molar-refractivity contribution is 0.823. The zero-order valence-corrected chi connectivity index (χ0v) is 3.39. The van der Waals surface area contributed by atoms with Crippen molar-refractivity contribution in [2.24, 2.45) is 0 Å². The first kappa shape index (κ1) is 17.3. The monoisotopic (exact) mass is 103 g/mol. The summed E-state index contributed by atoms with van der Waals surface area (Å²) in [7, 11) is 0. The molecule has 0 radical (unpaired) electrons. The Bertz CT molecular complexity index is 76.1. The fraction of sp³-hybridized carbons (Fsp3) is 0. The Kier molecular flexibility index (Phi) is 54.9. The third-order valence-corrected chi connectivity index (χ3v) is 0.112. The van der Waals surface area contributed by atoms with Crippen molar-refractivity contribution >= 4 is 0 Å². The van der Waals surface area contributed by atoms with Crippen LogP contribution in [0.2, 0.25) is 0 Å². The van der Waals surface area contributed by atoms with Crippen LogP contribution in [0.25, 0.3) is 0 Å². The van der Waals surface area contributed by atoms with Gasteiger partial charge in [-0.25, -0.2) is 5.32 Å². The molecule has 5 nitrogen and oxygen atoms in total. The van der Waals surface area contributed by atoms with Crippen LogP contribution in [-0.2, 0) is 0 Å². The minimum Gasteiger partial charge on any atom is -0.412 e. The largest absolute Gasteiger partial charge is 0.412 e. The summed E-state index contributed by atoms with van der Waals surface area (Å²) in [5.74, 6) is 0. The minimum atomic E-state index is 0. The molecule has 0 aromatic heterocycles. The van der Waals surface area contributed by atoms with E-state index in [0.29, 0.717) is 0 Å². The van der Waals surface area contributed by atoms with E-state index in [2.05, 4.69) is 0 Å². The molecule has 0 bridgehead atoms. The van der Waals surface area contributed by atoms with E-state index >= 15 is 0 Å². The highest BCUT2D eigenvalue weighted by atomic mass is 16.0. The van der Waals surface area contributed by atoms with Gasteiger partial charge in [-0.15, -0.1) is 0 Å². The summed E-state index contributed by atoms with van der Waals surface area (Å²) in [6, 6.07) is 0. The Hall–Kier alpha value is -1.30. The third-order valence-electron chi connectivity index (χ3n) is 0.112. The first-order valence-electron chi connectivity index (χ1n) is 0.947. The highest BCUT2D eigenvalue weighted by Crippen LogP contribution is 1.28. The Balaban J connectivity index is -0.0000000800. The maximum atomic E-state index is 7.48.